The average Bonchev–Trinajstić information content (AvgIpc) is 2.65. The molecule has 2 rings (SSSR count). The highest BCUT2D eigenvalue weighted by atomic mass is 16.5. The molecule has 1 aromatic carbocycles. The normalized spacial score (nSPS) is 16.4. The van der Waals surface area contributed by atoms with E-state index >= 15 is 0 Å². The summed E-state index contributed by atoms with van der Waals surface area (Å²) >= 11 is 0. The Bertz CT molecular complexity index is 604. The number of hydrogen-bond donors (Lipinski definition) is 1. The molecule has 1 aromatic rings. The van der Waals surface area contributed by atoms with Crippen LogP contribution in [0.2, 0.25) is 0 Å². The summed E-state index contributed by atoms with van der Waals surface area (Å²) in [5, 5.41) is 3.43. The molecule has 0 saturated carbocycles. The minimum atomic E-state index is -0.299. The van der Waals surface area contributed by atoms with Crippen molar-refractivity contribution in [2.45, 2.75) is 52.2 Å². The van der Waals surface area contributed by atoms with E-state index in [0.29, 0.717) is 6.54 Å². The van der Waals surface area contributed by atoms with Gasteiger partial charge in [0.15, 0.2) is 0 Å². The number of hydrogen-bond acceptors (Lipinski definition) is 5. The van der Waals surface area contributed by atoms with Gasteiger partial charge in [-0.1, -0.05) is 13.8 Å². The molecule has 1 N–H and O–H groups in total. The molecular weight excluding hydrogens is 320 g/mol. The lowest BCUT2D eigenvalue weighted by atomic mass is 9.89. The molecule has 0 spiro atoms. The standard InChI is InChI=1S/C19H30N2O4/c1-6-8-20-11-13-9-17(23-3)16-12-21(19(22)25-5)14(7-2)10-15(16)18(13)24-4/h9,14,20H,6-8,10-12H2,1-5H3. The number of fused-ring (bicyclic) bond motifs is 1. The number of ether oxygens (including phenoxy) is 3. The first-order valence-corrected chi connectivity index (χ1v) is 8.92. The Morgan fingerprint density at radius 1 is 1.24 bits per heavy atom. The van der Waals surface area contributed by atoms with Crippen LogP contribution in [0.25, 0.3) is 0 Å². The van der Waals surface area contributed by atoms with Crippen molar-refractivity contribution in [1.82, 2.24) is 10.2 Å². The third kappa shape index (κ3) is 4.00. The molecule has 1 aliphatic rings. The van der Waals surface area contributed by atoms with Crippen molar-refractivity contribution in [3.05, 3.63) is 22.8 Å². The number of benzene rings is 1. The van der Waals surface area contributed by atoms with Gasteiger partial charge in [0, 0.05) is 29.3 Å². The number of rotatable bonds is 7. The first-order chi connectivity index (χ1) is 12.1. The van der Waals surface area contributed by atoms with Crippen molar-refractivity contribution < 1.29 is 19.0 Å². The van der Waals surface area contributed by atoms with Gasteiger partial charge in [-0.25, -0.2) is 4.79 Å². The fourth-order valence-electron chi connectivity index (χ4n) is 3.49. The minimum absolute atomic E-state index is 0.0948. The second-order valence-corrected chi connectivity index (χ2v) is 6.27. The molecule has 0 saturated heterocycles. The Kier molecular flexibility index (Phi) is 6.93. The van der Waals surface area contributed by atoms with E-state index in [0.717, 1.165) is 60.5 Å². The maximum Gasteiger partial charge on any atom is 0.410 e. The van der Waals surface area contributed by atoms with Crippen LogP contribution in [0.3, 0.4) is 0 Å². The van der Waals surface area contributed by atoms with Gasteiger partial charge in [-0.05, 0) is 31.9 Å². The zero-order chi connectivity index (χ0) is 18.4. The summed E-state index contributed by atoms with van der Waals surface area (Å²) in [7, 11) is 4.80. The van der Waals surface area contributed by atoms with E-state index < -0.39 is 0 Å². The van der Waals surface area contributed by atoms with Crippen LogP contribution in [0.5, 0.6) is 11.5 Å². The SMILES string of the molecule is CCCNCc1cc(OC)c2c(c1OC)CC(CC)N(C(=O)OC)C2. The molecule has 25 heavy (non-hydrogen) atoms. The van der Waals surface area contributed by atoms with E-state index in [9.17, 15) is 4.79 Å². The molecule has 0 aliphatic carbocycles. The van der Waals surface area contributed by atoms with Crippen LogP contribution in [-0.2, 0) is 24.2 Å². The molecule has 1 unspecified atom stereocenters. The summed E-state index contributed by atoms with van der Waals surface area (Å²) in [6, 6.07) is 2.11. The first-order valence-electron chi connectivity index (χ1n) is 8.92. The van der Waals surface area contributed by atoms with Crippen LogP contribution >= 0.6 is 0 Å². The van der Waals surface area contributed by atoms with Crippen molar-refractivity contribution in [3.63, 3.8) is 0 Å². The van der Waals surface area contributed by atoms with Gasteiger partial charge in [-0.2, -0.15) is 0 Å². The van der Waals surface area contributed by atoms with Crippen LogP contribution in [0.4, 0.5) is 4.79 Å². The lowest BCUT2D eigenvalue weighted by Gasteiger charge is -2.37. The van der Waals surface area contributed by atoms with E-state index in [2.05, 4.69) is 19.2 Å². The predicted octanol–water partition coefficient (Wildman–Crippen LogP) is 3.11. The molecule has 6 heteroatoms. The number of nitrogens with one attached hydrogen (secondary N) is 1. The van der Waals surface area contributed by atoms with Crippen LogP contribution in [0.1, 0.15) is 43.4 Å². The molecule has 0 fully saturated rings. The molecule has 140 valence electrons. The fourth-order valence-corrected chi connectivity index (χ4v) is 3.49. The van der Waals surface area contributed by atoms with Crippen LogP contribution < -0.4 is 14.8 Å². The Hall–Kier alpha value is -1.95. The van der Waals surface area contributed by atoms with Crippen molar-refractivity contribution in [2.24, 2.45) is 0 Å². The first kappa shape index (κ1) is 19.4. The summed E-state index contributed by atoms with van der Waals surface area (Å²) in [5.74, 6) is 1.70. The number of carbonyl (C=O) groups is 1. The zero-order valence-electron chi connectivity index (χ0n) is 16.0. The minimum Gasteiger partial charge on any atom is -0.496 e. The second kappa shape index (κ2) is 8.94. The van der Waals surface area contributed by atoms with E-state index in [-0.39, 0.29) is 12.1 Å². The van der Waals surface area contributed by atoms with Crippen molar-refractivity contribution in [2.75, 3.05) is 27.9 Å². The quantitative estimate of drug-likeness (QED) is 0.766. The zero-order valence-corrected chi connectivity index (χ0v) is 16.0. The summed E-state index contributed by atoms with van der Waals surface area (Å²) in [6.07, 6.45) is 2.38. The van der Waals surface area contributed by atoms with Crippen molar-refractivity contribution in [3.8, 4) is 11.5 Å². The number of carbonyl (C=O) groups excluding carboxylic acids is 1. The Morgan fingerprint density at radius 2 is 2.00 bits per heavy atom. The van der Waals surface area contributed by atoms with E-state index in [4.69, 9.17) is 14.2 Å². The van der Waals surface area contributed by atoms with E-state index in [1.165, 1.54) is 7.11 Å². The summed E-state index contributed by atoms with van der Waals surface area (Å²) in [6.45, 7) is 6.39. The highest BCUT2D eigenvalue weighted by molar-refractivity contribution is 5.69. The van der Waals surface area contributed by atoms with Gasteiger partial charge in [0.2, 0.25) is 0 Å². The molecule has 1 amide bonds. The van der Waals surface area contributed by atoms with Crippen LogP contribution in [-0.4, -0.2) is 44.9 Å². The van der Waals surface area contributed by atoms with Gasteiger partial charge >= 0.3 is 6.09 Å². The average molecular weight is 350 g/mol. The van der Waals surface area contributed by atoms with Gasteiger partial charge in [-0.3, -0.25) is 0 Å². The van der Waals surface area contributed by atoms with Gasteiger partial charge in [0.05, 0.1) is 27.9 Å². The Morgan fingerprint density at radius 3 is 2.56 bits per heavy atom. The molecule has 0 radical (unpaired) electrons. The number of methoxy groups -OCH3 is 3. The topological polar surface area (TPSA) is 60.0 Å². The maximum atomic E-state index is 12.2. The summed E-state index contributed by atoms with van der Waals surface area (Å²) in [4.78, 5) is 13.9. The monoisotopic (exact) mass is 350 g/mol. The van der Waals surface area contributed by atoms with Gasteiger partial charge in [0.25, 0.3) is 0 Å². The third-order valence-corrected chi connectivity index (χ3v) is 4.79. The Labute approximate surface area is 150 Å². The number of amides is 1. The third-order valence-electron chi connectivity index (χ3n) is 4.79. The highest BCUT2D eigenvalue weighted by Gasteiger charge is 2.34. The molecule has 0 bridgehead atoms. The maximum absolute atomic E-state index is 12.2. The second-order valence-electron chi connectivity index (χ2n) is 6.27. The molecular formula is C19H30N2O4. The summed E-state index contributed by atoms with van der Waals surface area (Å²) in [5.41, 5.74) is 3.24. The van der Waals surface area contributed by atoms with Gasteiger partial charge in [-0.15, -0.1) is 0 Å². The Balaban J connectivity index is 2.46. The lowest BCUT2D eigenvalue weighted by molar-refractivity contribution is 0.0939. The van der Waals surface area contributed by atoms with Crippen molar-refractivity contribution in [1.29, 1.82) is 0 Å². The molecule has 1 aliphatic heterocycles. The highest BCUT2D eigenvalue weighted by Crippen LogP contribution is 2.40. The fraction of sp³-hybridized carbons (Fsp3) is 0.632. The summed E-state index contributed by atoms with van der Waals surface area (Å²) < 4.78 is 16.3. The van der Waals surface area contributed by atoms with Crippen LogP contribution in [0, 0.1) is 0 Å². The van der Waals surface area contributed by atoms with Gasteiger partial charge < -0.3 is 24.4 Å². The molecule has 1 heterocycles. The van der Waals surface area contributed by atoms with Crippen molar-refractivity contribution >= 4 is 6.09 Å². The molecule has 6 nitrogen and oxygen atoms in total. The largest absolute Gasteiger partial charge is 0.496 e. The molecule has 0 aromatic heterocycles. The number of nitrogens with zero attached hydrogens (tertiary/aromatic N) is 1. The predicted molar refractivity (Wildman–Crippen MR) is 97.3 cm³/mol. The van der Waals surface area contributed by atoms with Gasteiger partial charge in [0.1, 0.15) is 11.5 Å². The smallest absolute Gasteiger partial charge is 0.410 e. The molecule has 1 atom stereocenters. The van der Waals surface area contributed by atoms with Crippen LogP contribution in [0.15, 0.2) is 6.07 Å². The van der Waals surface area contributed by atoms with E-state index in [1.54, 1.807) is 19.1 Å². The van der Waals surface area contributed by atoms with E-state index in [1.807, 2.05) is 6.07 Å². The lowest BCUT2D eigenvalue weighted by Crippen LogP contribution is -2.44.